The average Bonchev–Trinajstić information content (AvgIpc) is 3.10. The quantitative estimate of drug-likeness (QED) is 0.727. The number of aromatic nitrogens is 1. The largest absolute Gasteiger partial charge is 0.493 e. The molecule has 1 aromatic heterocycles. The molecule has 1 aromatic carbocycles. The number of ether oxygens (including phenoxy) is 2. The Morgan fingerprint density at radius 3 is 2.27 bits per heavy atom. The molecule has 0 bridgehead atoms. The molecule has 1 aliphatic heterocycles. The summed E-state index contributed by atoms with van der Waals surface area (Å²) >= 11 is 3.40. The van der Waals surface area contributed by atoms with E-state index >= 15 is 0 Å². The van der Waals surface area contributed by atoms with E-state index in [4.69, 9.17) is 9.47 Å². The Morgan fingerprint density at radius 1 is 1.05 bits per heavy atom. The van der Waals surface area contributed by atoms with Crippen LogP contribution in [0.25, 0.3) is 0 Å². The number of hydrogen-bond acceptors (Lipinski definition) is 4. The lowest BCUT2D eigenvalue weighted by atomic mass is 10.2. The zero-order chi connectivity index (χ0) is 15.6. The number of aromatic amines is 1. The van der Waals surface area contributed by atoms with Gasteiger partial charge in [0.15, 0.2) is 17.4 Å². The number of rotatable bonds is 4. The van der Waals surface area contributed by atoms with Crippen LogP contribution in [0.5, 0.6) is 17.4 Å². The maximum atomic E-state index is 5.64. The Kier molecular flexibility index (Phi) is 7.28. The summed E-state index contributed by atoms with van der Waals surface area (Å²) in [5.41, 5.74) is 1.15. The van der Waals surface area contributed by atoms with Crippen LogP contribution in [0.1, 0.15) is 5.56 Å². The van der Waals surface area contributed by atoms with Crippen molar-refractivity contribution in [1.82, 2.24) is 15.6 Å². The standard InChI is InChI=1S/C12H12BrNO2.C4H10N2/c1-15-11-7-9(8-13)4-5-10(11)16-12-3-2-6-14-12;1-2-6-4-3-5-1/h2-7,14H,8H2,1H3;5-6H,1-4H2. The van der Waals surface area contributed by atoms with Crippen LogP contribution in [-0.4, -0.2) is 38.3 Å². The number of benzene rings is 1. The third-order valence-electron chi connectivity index (χ3n) is 3.13. The van der Waals surface area contributed by atoms with Crippen molar-refractivity contribution < 1.29 is 9.47 Å². The molecule has 3 rings (SSSR count). The van der Waals surface area contributed by atoms with Crippen molar-refractivity contribution in [3.05, 3.63) is 42.1 Å². The van der Waals surface area contributed by atoms with Gasteiger partial charge < -0.3 is 25.1 Å². The van der Waals surface area contributed by atoms with E-state index in [1.807, 2.05) is 36.5 Å². The van der Waals surface area contributed by atoms with Gasteiger partial charge in [0.2, 0.25) is 0 Å². The first-order chi connectivity index (χ1) is 10.8. The number of hydrogen-bond donors (Lipinski definition) is 3. The van der Waals surface area contributed by atoms with Crippen LogP contribution < -0.4 is 20.1 Å². The molecule has 0 radical (unpaired) electrons. The van der Waals surface area contributed by atoms with Gasteiger partial charge in [0.1, 0.15) is 0 Å². The van der Waals surface area contributed by atoms with Crippen LogP contribution in [0, 0.1) is 0 Å². The normalized spacial score (nSPS) is 13.9. The first kappa shape index (κ1) is 16.9. The average molecular weight is 368 g/mol. The number of halogens is 1. The lowest BCUT2D eigenvalue weighted by Crippen LogP contribution is -2.39. The first-order valence-electron chi connectivity index (χ1n) is 7.29. The summed E-state index contributed by atoms with van der Waals surface area (Å²) in [6.45, 7) is 4.56. The molecule has 0 aliphatic carbocycles. The molecule has 1 aliphatic rings. The molecule has 2 aromatic rings. The monoisotopic (exact) mass is 367 g/mol. The van der Waals surface area contributed by atoms with Crippen LogP contribution in [0.15, 0.2) is 36.5 Å². The zero-order valence-electron chi connectivity index (χ0n) is 12.7. The molecular weight excluding hydrogens is 346 g/mol. The van der Waals surface area contributed by atoms with Gasteiger partial charge in [0.25, 0.3) is 0 Å². The van der Waals surface area contributed by atoms with Crippen LogP contribution in [0.2, 0.25) is 0 Å². The second-order valence-electron chi connectivity index (χ2n) is 4.76. The van der Waals surface area contributed by atoms with Gasteiger partial charge in [0.05, 0.1) is 7.11 Å². The highest BCUT2D eigenvalue weighted by Gasteiger charge is 2.06. The van der Waals surface area contributed by atoms with E-state index in [9.17, 15) is 0 Å². The molecule has 120 valence electrons. The van der Waals surface area contributed by atoms with E-state index in [0.29, 0.717) is 11.6 Å². The Balaban J connectivity index is 0.000000246. The molecule has 3 N–H and O–H groups in total. The van der Waals surface area contributed by atoms with Crippen molar-refractivity contribution in [1.29, 1.82) is 0 Å². The van der Waals surface area contributed by atoms with E-state index in [0.717, 1.165) is 42.8 Å². The molecule has 6 heteroatoms. The number of nitrogens with one attached hydrogen (secondary N) is 3. The second kappa shape index (κ2) is 9.50. The van der Waals surface area contributed by atoms with Gasteiger partial charge >= 0.3 is 0 Å². The predicted octanol–water partition coefficient (Wildman–Crippen LogP) is 2.89. The molecule has 1 saturated heterocycles. The maximum absolute atomic E-state index is 5.64. The Labute approximate surface area is 139 Å². The van der Waals surface area contributed by atoms with Crippen molar-refractivity contribution in [3.8, 4) is 17.4 Å². The number of H-pyrrole nitrogens is 1. The minimum atomic E-state index is 0.699. The molecular formula is C16H22BrN3O2. The summed E-state index contributed by atoms with van der Waals surface area (Å²) < 4.78 is 10.9. The van der Waals surface area contributed by atoms with E-state index in [-0.39, 0.29) is 0 Å². The first-order valence-corrected chi connectivity index (χ1v) is 8.41. The van der Waals surface area contributed by atoms with Crippen molar-refractivity contribution >= 4 is 15.9 Å². The van der Waals surface area contributed by atoms with Gasteiger partial charge in [-0.15, -0.1) is 0 Å². The Morgan fingerprint density at radius 2 is 1.77 bits per heavy atom. The zero-order valence-corrected chi connectivity index (χ0v) is 14.3. The van der Waals surface area contributed by atoms with Gasteiger partial charge in [-0.3, -0.25) is 0 Å². The third-order valence-corrected chi connectivity index (χ3v) is 3.78. The Hall–Kier alpha value is -1.50. The highest BCUT2D eigenvalue weighted by atomic mass is 79.9. The minimum Gasteiger partial charge on any atom is -0.493 e. The fraction of sp³-hybridized carbons (Fsp3) is 0.375. The van der Waals surface area contributed by atoms with Crippen molar-refractivity contribution in [2.75, 3.05) is 33.3 Å². The highest BCUT2D eigenvalue weighted by molar-refractivity contribution is 9.08. The lowest BCUT2D eigenvalue weighted by Gasteiger charge is -2.11. The summed E-state index contributed by atoms with van der Waals surface area (Å²) in [5.74, 6) is 2.13. The Bertz CT molecular complexity index is 531. The van der Waals surface area contributed by atoms with Gasteiger partial charge in [-0.1, -0.05) is 22.0 Å². The molecule has 0 atom stereocenters. The molecule has 0 unspecified atom stereocenters. The number of methoxy groups -OCH3 is 1. The molecule has 0 saturated carbocycles. The minimum absolute atomic E-state index is 0.699. The van der Waals surface area contributed by atoms with Gasteiger partial charge in [-0.2, -0.15) is 0 Å². The molecule has 1 fully saturated rings. The van der Waals surface area contributed by atoms with Crippen LogP contribution in [0.3, 0.4) is 0 Å². The van der Waals surface area contributed by atoms with Crippen LogP contribution in [0.4, 0.5) is 0 Å². The number of alkyl halides is 1. The maximum Gasteiger partial charge on any atom is 0.197 e. The van der Waals surface area contributed by atoms with Gasteiger partial charge in [-0.25, -0.2) is 0 Å². The number of piperazine rings is 1. The molecule has 5 nitrogen and oxygen atoms in total. The topological polar surface area (TPSA) is 58.3 Å². The summed E-state index contributed by atoms with van der Waals surface area (Å²) in [4.78, 5) is 2.98. The predicted molar refractivity (Wildman–Crippen MR) is 92.2 cm³/mol. The van der Waals surface area contributed by atoms with E-state index in [2.05, 4.69) is 31.5 Å². The van der Waals surface area contributed by atoms with Gasteiger partial charge in [0, 0.05) is 43.8 Å². The van der Waals surface area contributed by atoms with E-state index in [1.54, 1.807) is 7.11 Å². The fourth-order valence-corrected chi connectivity index (χ4v) is 2.33. The SMILES string of the molecule is C1CNCCN1.COc1cc(CBr)ccc1Oc1ccc[nH]1. The molecule has 22 heavy (non-hydrogen) atoms. The summed E-state index contributed by atoms with van der Waals surface area (Å²) in [6.07, 6.45) is 1.81. The second-order valence-corrected chi connectivity index (χ2v) is 5.32. The molecule has 0 spiro atoms. The third kappa shape index (κ3) is 5.36. The molecule has 0 amide bonds. The molecule has 2 heterocycles. The smallest absolute Gasteiger partial charge is 0.197 e. The fourth-order valence-electron chi connectivity index (χ4n) is 1.98. The van der Waals surface area contributed by atoms with Crippen LogP contribution in [-0.2, 0) is 5.33 Å². The van der Waals surface area contributed by atoms with E-state index < -0.39 is 0 Å². The van der Waals surface area contributed by atoms with Crippen molar-refractivity contribution in [2.24, 2.45) is 0 Å². The van der Waals surface area contributed by atoms with Crippen molar-refractivity contribution in [2.45, 2.75) is 5.33 Å². The van der Waals surface area contributed by atoms with Gasteiger partial charge in [-0.05, 0) is 23.8 Å². The highest BCUT2D eigenvalue weighted by Crippen LogP contribution is 2.32. The van der Waals surface area contributed by atoms with E-state index in [1.165, 1.54) is 0 Å². The summed E-state index contributed by atoms with van der Waals surface area (Å²) in [5, 5.41) is 7.24. The lowest BCUT2D eigenvalue weighted by molar-refractivity contribution is 0.374. The van der Waals surface area contributed by atoms with Crippen LogP contribution >= 0.6 is 15.9 Å². The van der Waals surface area contributed by atoms with Crippen molar-refractivity contribution in [3.63, 3.8) is 0 Å². The summed E-state index contributed by atoms with van der Waals surface area (Å²) in [6, 6.07) is 9.59. The summed E-state index contributed by atoms with van der Waals surface area (Å²) in [7, 11) is 1.63.